The summed E-state index contributed by atoms with van der Waals surface area (Å²) in [5, 5.41) is 22.0. The zero-order valence-electron chi connectivity index (χ0n) is 12.9. The number of hydrogen-bond acceptors (Lipinski definition) is 8. The number of carboxylic acid groups (broad SMARTS) is 1. The lowest BCUT2D eigenvalue weighted by Gasteiger charge is -2.01. The molecule has 9 nitrogen and oxygen atoms in total. The van der Waals surface area contributed by atoms with Crippen molar-refractivity contribution in [3.63, 3.8) is 0 Å². The number of methoxy groups -OCH3 is 1. The monoisotopic (exact) mass is 386 g/mol. The van der Waals surface area contributed by atoms with Crippen LogP contribution >= 0.6 is 11.5 Å². The van der Waals surface area contributed by atoms with Crippen LogP contribution in [0.5, 0.6) is 5.88 Å². The maximum Gasteiger partial charge on any atom is 0.490 e. The summed E-state index contributed by atoms with van der Waals surface area (Å²) >= 11 is 1.29. The molecule has 0 unspecified atom stereocenters. The number of ether oxygens (including phenoxy) is 1. The molecule has 3 aromatic rings. The number of rotatable bonds is 2. The molecular weight excluding hydrogens is 377 g/mol. The van der Waals surface area contributed by atoms with Gasteiger partial charge in [0.05, 0.1) is 12.7 Å². The summed E-state index contributed by atoms with van der Waals surface area (Å²) in [6.45, 7) is 0. The lowest BCUT2D eigenvalue weighted by molar-refractivity contribution is -0.192. The van der Waals surface area contributed by atoms with E-state index in [-0.39, 0.29) is 11.4 Å². The highest BCUT2D eigenvalue weighted by Gasteiger charge is 2.38. The van der Waals surface area contributed by atoms with Crippen LogP contribution in [-0.4, -0.2) is 43.3 Å². The molecule has 3 heterocycles. The Bertz CT molecular complexity index is 991. The van der Waals surface area contributed by atoms with E-state index in [1.807, 2.05) is 11.4 Å². The first-order valence-electron chi connectivity index (χ1n) is 6.51. The van der Waals surface area contributed by atoms with Crippen molar-refractivity contribution in [1.82, 2.24) is 19.0 Å². The van der Waals surface area contributed by atoms with Crippen molar-refractivity contribution in [1.29, 1.82) is 5.26 Å². The Hall–Kier alpha value is -3.40. The topological polar surface area (TPSA) is 139 Å². The predicted octanol–water partition coefficient (Wildman–Crippen LogP) is 1.95. The summed E-state index contributed by atoms with van der Waals surface area (Å²) in [5.74, 6) is -2.05. The third-order valence-corrected chi connectivity index (χ3v) is 3.51. The Labute approximate surface area is 147 Å². The van der Waals surface area contributed by atoms with E-state index in [9.17, 15) is 13.2 Å². The SMILES string of the molecule is COc1nscc1-c1cnc2c(C#N)c(N)nn2c1.O=C(O)C(F)(F)F. The van der Waals surface area contributed by atoms with E-state index in [1.54, 1.807) is 19.5 Å². The Kier molecular flexibility index (Phi) is 5.27. The van der Waals surface area contributed by atoms with Gasteiger partial charge in [0, 0.05) is 23.3 Å². The van der Waals surface area contributed by atoms with E-state index in [0.29, 0.717) is 11.5 Å². The molecule has 0 aromatic carbocycles. The molecule has 0 spiro atoms. The second-order valence-corrected chi connectivity index (χ2v) is 5.15. The molecule has 0 aliphatic carbocycles. The van der Waals surface area contributed by atoms with Gasteiger partial charge >= 0.3 is 12.1 Å². The van der Waals surface area contributed by atoms with Crippen molar-refractivity contribution >= 4 is 29.0 Å². The van der Waals surface area contributed by atoms with Crippen LogP contribution < -0.4 is 10.5 Å². The molecule has 0 atom stereocenters. The Morgan fingerprint density at radius 3 is 2.69 bits per heavy atom. The zero-order valence-corrected chi connectivity index (χ0v) is 13.7. The third kappa shape index (κ3) is 3.81. The number of carboxylic acids is 1. The van der Waals surface area contributed by atoms with Gasteiger partial charge in [0.15, 0.2) is 11.5 Å². The van der Waals surface area contributed by atoms with E-state index in [4.69, 9.17) is 25.6 Å². The number of nitrogens with zero attached hydrogens (tertiary/aromatic N) is 5. The Morgan fingerprint density at radius 2 is 2.15 bits per heavy atom. The number of halogens is 3. The standard InChI is InChI=1S/C11H8N6OS.C2HF3O2/c1-18-11-8(5-19-16-11)6-3-14-10-7(2-12)9(13)15-17(10)4-6;3-2(4,5)1(6)7/h3-5H,1H3,(H2,13,15);(H,6,7). The maximum absolute atomic E-state index is 10.6. The summed E-state index contributed by atoms with van der Waals surface area (Å²) in [7, 11) is 1.56. The van der Waals surface area contributed by atoms with Crippen LogP contribution in [0.25, 0.3) is 16.8 Å². The first kappa shape index (κ1) is 18.9. The van der Waals surface area contributed by atoms with Crippen molar-refractivity contribution in [3.8, 4) is 23.1 Å². The number of alkyl halides is 3. The molecule has 0 saturated heterocycles. The Balaban J connectivity index is 0.000000298. The van der Waals surface area contributed by atoms with Crippen LogP contribution in [0.15, 0.2) is 17.8 Å². The number of aliphatic carboxylic acids is 1. The van der Waals surface area contributed by atoms with E-state index < -0.39 is 12.1 Å². The minimum atomic E-state index is -5.08. The first-order valence-corrected chi connectivity index (χ1v) is 7.35. The van der Waals surface area contributed by atoms with Crippen LogP contribution in [0.4, 0.5) is 19.0 Å². The van der Waals surface area contributed by atoms with Crippen molar-refractivity contribution in [2.45, 2.75) is 6.18 Å². The third-order valence-electron chi connectivity index (χ3n) is 2.89. The smallest absolute Gasteiger partial charge is 0.480 e. The molecule has 0 aliphatic rings. The van der Waals surface area contributed by atoms with Gasteiger partial charge in [-0.1, -0.05) is 0 Å². The Morgan fingerprint density at radius 1 is 1.50 bits per heavy atom. The van der Waals surface area contributed by atoms with Gasteiger partial charge in [-0.25, -0.2) is 14.3 Å². The number of fused-ring (bicyclic) bond motifs is 1. The summed E-state index contributed by atoms with van der Waals surface area (Å²) < 4.78 is 42.5. The molecule has 0 fully saturated rings. The van der Waals surface area contributed by atoms with Crippen LogP contribution in [0, 0.1) is 11.3 Å². The van der Waals surface area contributed by atoms with Gasteiger partial charge in [0.1, 0.15) is 11.6 Å². The van der Waals surface area contributed by atoms with Gasteiger partial charge in [-0.2, -0.15) is 22.8 Å². The zero-order chi connectivity index (χ0) is 19.5. The van der Waals surface area contributed by atoms with E-state index in [0.717, 1.165) is 11.1 Å². The van der Waals surface area contributed by atoms with Crippen molar-refractivity contribution in [2.24, 2.45) is 0 Å². The second kappa shape index (κ2) is 7.23. The number of nitrogen functional groups attached to an aromatic ring is 1. The largest absolute Gasteiger partial charge is 0.490 e. The molecule has 3 aromatic heterocycles. The van der Waals surface area contributed by atoms with Gasteiger partial charge < -0.3 is 15.6 Å². The fraction of sp³-hybridized carbons (Fsp3) is 0.154. The average Bonchev–Trinajstić information content (AvgIpc) is 3.16. The highest BCUT2D eigenvalue weighted by Crippen LogP contribution is 2.30. The fourth-order valence-electron chi connectivity index (χ4n) is 1.76. The molecule has 0 radical (unpaired) electrons. The normalized spacial score (nSPS) is 10.7. The van der Waals surface area contributed by atoms with Crippen LogP contribution in [-0.2, 0) is 4.79 Å². The van der Waals surface area contributed by atoms with Crippen molar-refractivity contribution in [2.75, 3.05) is 12.8 Å². The summed E-state index contributed by atoms with van der Waals surface area (Å²) in [6, 6.07) is 1.99. The van der Waals surface area contributed by atoms with Gasteiger partial charge in [0.2, 0.25) is 5.88 Å². The van der Waals surface area contributed by atoms with E-state index >= 15 is 0 Å². The van der Waals surface area contributed by atoms with Crippen molar-refractivity contribution < 1.29 is 27.8 Å². The quantitative estimate of drug-likeness (QED) is 0.681. The molecule has 0 bridgehead atoms. The second-order valence-electron chi connectivity index (χ2n) is 4.52. The van der Waals surface area contributed by atoms with Crippen LogP contribution in [0.1, 0.15) is 5.56 Å². The maximum atomic E-state index is 10.6. The summed E-state index contributed by atoms with van der Waals surface area (Å²) in [5.41, 5.74) is 8.00. The van der Waals surface area contributed by atoms with Gasteiger partial charge in [-0.3, -0.25) is 0 Å². The van der Waals surface area contributed by atoms with E-state index in [2.05, 4.69) is 14.5 Å². The number of aromatic nitrogens is 4. The molecular formula is C13H9F3N6O3S. The predicted molar refractivity (Wildman–Crippen MR) is 83.5 cm³/mol. The fourth-order valence-corrected chi connectivity index (χ4v) is 2.43. The number of anilines is 1. The number of nitrogens with two attached hydrogens (primary N) is 1. The van der Waals surface area contributed by atoms with Crippen LogP contribution in [0.3, 0.4) is 0 Å². The van der Waals surface area contributed by atoms with Gasteiger partial charge in [0.25, 0.3) is 0 Å². The minimum Gasteiger partial charge on any atom is -0.480 e. The average molecular weight is 386 g/mol. The van der Waals surface area contributed by atoms with Crippen molar-refractivity contribution in [3.05, 3.63) is 23.3 Å². The molecule has 13 heteroatoms. The summed E-state index contributed by atoms with van der Waals surface area (Å²) in [4.78, 5) is 13.1. The number of hydrogen-bond donors (Lipinski definition) is 2. The number of carbonyl (C=O) groups is 1. The first-order chi connectivity index (χ1) is 12.2. The van der Waals surface area contributed by atoms with Gasteiger partial charge in [-0.05, 0) is 11.5 Å². The van der Waals surface area contributed by atoms with Crippen LogP contribution in [0.2, 0.25) is 0 Å². The molecule has 26 heavy (non-hydrogen) atoms. The molecule has 3 rings (SSSR count). The molecule has 0 saturated carbocycles. The molecule has 0 aliphatic heterocycles. The molecule has 0 amide bonds. The summed E-state index contributed by atoms with van der Waals surface area (Å²) in [6.07, 6.45) is -1.70. The van der Waals surface area contributed by atoms with E-state index in [1.165, 1.54) is 16.0 Å². The minimum absolute atomic E-state index is 0.169. The highest BCUT2D eigenvalue weighted by atomic mass is 32.1. The van der Waals surface area contributed by atoms with Gasteiger partial charge in [-0.15, -0.1) is 5.10 Å². The highest BCUT2D eigenvalue weighted by molar-refractivity contribution is 7.04. The number of nitriles is 1. The lowest BCUT2D eigenvalue weighted by Crippen LogP contribution is -2.21. The molecule has 136 valence electrons. The lowest BCUT2D eigenvalue weighted by atomic mass is 10.2. The molecule has 3 N–H and O–H groups in total.